The number of hydrogen-bond acceptors (Lipinski definition) is 9. The lowest BCUT2D eigenvalue weighted by atomic mass is 9.86. The molecular weight excluding hydrogens is 532 g/mol. The first-order valence-electron chi connectivity index (χ1n) is 14.2. The van der Waals surface area contributed by atoms with Crippen molar-refractivity contribution in [1.82, 2.24) is 19.9 Å². The number of aromatic nitrogens is 4. The van der Waals surface area contributed by atoms with E-state index in [1.165, 1.54) is 0 Å². The smallest absolute Gasteiger partial charge is 0.309 e. The molecule has 42 heavy (non-hydrogen) atoms. The number of benzene rings is 2. The summed E-state index contributed by atoms with van der Waals surface area (Å²) in [6.07, 6.45) is 5.78. The number of carboxylic acid groups (broad SMARTS) is 1. The van der Waals surface area contributed by atoms with Gasteiger partial charge in [0.1, 0.15) is 11.9 Å². The van der Waals surface area contributed by atoms with E-state index in [1.807, 2.05) is 67.6 Å². The fourth-order valence-corrected chi connectivity index (χ4v) is 4.89. The van der Waals surface area contributed by atoms with Crippen molar-refractivity contribution in [3.63, 3.8) is 0 Å². The predicted molar refractivity (Wildman–Crippen MR) is 161 cm³/mol. The third-order valence-corrected chi connectivity index (χ3v) is 7.14. The number of hydrogen-bond donors (Lipinski definition) is 2. The molecule has 1 saturated heterocycles. The average molecular weight is 569 g/mol. The molecule has 2 N–H and O–H groups in total. The van der Waals surface area contributed by atoms with Crippen molar-refractivity contribution in [2.24, 2.45) is 5.41 Å². The zero-order chi connectivity index (χ0) is 29.5. The lowest BCUT2D eigenvalue weighted by molar-refractivity contribution is -0.146. The van der Waals surface area contributed by atoms with Crippen LogP contribution in [0.3, 0.4) is 0 Å². The average Bonchev–Trinajstić information content (AvgIpc) is 2.99. The SMILES string of the molecule is CCOc1ccccc1OC1CCCN(c2ccnc(Nc3nccc(-c4ccc(CC(C)(C)C(=O)O)cc4)n3)n2)C1. The number of anilines is 3. The van der Waals surface area contributed by atoms with Gasteiger partial charge in [0, 0.05) is 24.5 Å². The summed E-state index contributed by atoms with van der Waals surface area (Å²) in [5.41, 5.74) is 1.75. The van der Waals surface area contributed by atoms with Crippen molar-refractivity contribution < 1.29 is 19.4 Å². The molecule has 1 fully saturated rings. The van der Waals surface area contributed by atoms with Gasteiger partial charge in [-0.2, -0.15) is 4.98 Å². The molecule has 0 radical (unpaired) electrons. The molecule has 1 aliphatic rings. The number of aliphatic carboxylic acids is 1. The largest absolute Gasteiger partial charge is 0.490 e. The maximum Gasteiger partial charge on any atom is 0.309 e. The Labute approximate surface area is 245 Å². The van der Waals surface area contributed by atoms with E-state index in [-0.39, 0.29) is 6.10 Å². The highest BCUT2D eigenvalue weighted by molar-refractivity contribution is 5.74. The second-order valence-electron chi connectivity index (χ2n) is 10.9. The van der Waals surface area contributed by atoms with Crippen LogP contribution in [0, 0.1) is 5.41 Å². The number of piperidine rings is 1. The van der Waals surface area contributed by atoms with Crippen LogP contribution >= 0.6 is 0 Å². The minimum atomic E-state index is -0.834. The second-order valence-corrected chi connectivity index (χ2v) is 10.9. The van der Waals surface area contributed by atoms with E-state index in [0.717, 1.165) is 53.5 Å². The molecule has 0 aliphatic carbocycles. The number of ether oxygens (including phenoxy) is 2. The van der Waals surface area contributed by atoms with Crippen molar-refractivity contribution in [3.05, 3.63) is 78.6 Å². The van der Waals surface area contributed by atoms with Crippen molar-refractivity contribution >= 4 is 23.7 Å². The van der Waals surface area contributed by atoms with Crippen molar-refractivity contribution in [2.45, 2.75) is 46.1 Å². The highest BCUT2D eigenvalue weighted by Gasteiger charge is 2.27. The molecule has 1 aliphatic heterocycles. The lowest BCUT2D eigenvalue weighted by Crippen LogP contribution is -2.41. The minimum absolute atomic E-state index is 0.00772. The maximum absolute atomic E-state index is 11.5. The van der Waals surface area contributed by atoms with Crippen LogP contribution in [0.25, 0.3) is 11.3 Å². The lowest BCUT2D eigenvalue weighted by Gasteiger charge is -2.34. The molecule has 5 rings (SSSR count). The Morgan fingerprint density at radius 3 is 2.45 bits per heavy atom. The Balaban J connectivity index is 1.25. The van der Waals surface area contributed by atoms with Gasteiger partial charge in [0.2, 0.25) is 11.9 Å². The second kappa shape index (κ2) is 12.8. The standard InChI is InChI=1S/C32H36N6O4/c1-4-41-26-9-5-6-10-27(26)42-24-8-7-19-38(21-24)28-16-18-34-31(36-28)37-30-33-17-15-25(35-30)23-13-11-22(12-14-23)20-32(2,3)29(39)40/h5-6,9-18,24H,4,7-8,19-21H2,1-3H3,(H,39,40)(H,33,34,35,36,37). The van der Waals surface area contributed by atoms with E-state index in [0.29, 0.717) is 31.5 Å². The molecule has 0 spiro atoms. The van der Waals surface area contributed by atoms with Crippen molar-refractivity contribution in [3.8, 4) is 22.8 Å². The van der Waals surface area contributed by atoms with Crippen LogP contribution in [0.15, 0.2) is 73.1 Å². The van der Waals surface area contributed by atoms with Crippen molar-refractivity contribution in [1.29, 1.82) is 0 Å². The van der Waals surface area contributed by atoms with Crippen LogP contribution in [-0.4, -0.2) is 56.8 Å². The molecule has 10 heteroatoms. The number of rotatable bonds is 11. The summed E-state index contributed by atoms with van der Waals surface area (Å²) < 4.78 is 12.1. The molecule has 1 atom stereocenters. The van der Waals surface area contributed by atoms with Crippen LogP contribution in [0.4, 0.5) is 17.7 Å². The molecule has 2 aromatic heterocycles. The van der Waals surface area contributed by atoms with Crippen LogP contribution < -0.4 is 19.7 Å². The fraction of sp³-hybridized carbons (Fsp3) is 0.344. The van der Waals surface area contributed by atoms with E-state index in [9.17, 15) is 9.90 Å². The molecular formula is C32H36N6O4. The van der Waals surface area contributed by atoms with Gasteiger partial charge in [-0.25, -0.2) is 15.0 Å². The van der Waals surface area contributed by atoms with Gasteiger partial charge in [0.15, 0.2) is 11.5 Å². The molecule has 4 aromatic rings. The molecule has 2 aromatic carbocycles. The van der Waals surface area contributed by atoms with Gasteiger partial charge in [-0.15, -0.1) is 0 Å². The first kappa shape index (κ1) is 28.8. The number of carboxylic acids is 1. The Kier molecular flexibility index (Phi) is 8.80. The minimum Gasteiger partial charge on any atom is -0.490 e. The molecule has 1 unspecified atom stereocenters. The fourth-order valence-electron chi connectivity index (χ4n) is 4.89. The monoisotopic (exact) mass is 568 g/mol. The van der Waals surface area contributed by atoms with Gasteiger partial charge in [-0.3, -0.25) is 10.1 Å². The van der Waals surface area contributed by atoms with Crippen LogP contribution in [0.2, 0.25) is 0 Å². The third kappa shape index (κ3) is 7.12. The van der Waals surface area contributed by atoms with Gasteiger partial charge in [-0.1, -0.05) is 36.4 Å². The Hall–Kier alpha value is -4.73. The predicted octanol–water partition coefficient (Wildman–Crippen LogP) is 5.78. The normalized spacial score (nSPS) is 15.2. The van der Waals surface area contributed by atoms with E-state index >= 15 is 0 Å². The summed E-state index contributed by atoms with van der Waals surface area (Å²) in [5.74, 6) is 2.28. The zero-order valence-electron chi connectivity index (χ0n) is 24.2. The summed E-state index contributed by atoms with van der Waals surface area (Å²) in [6.45, 7) is 7.56. The number of para-hydroxylation sites is 2. The summed E-state index contributed by atoms with van der Waals surface area (Å²) in [6, 6.07) is 19.3. The van der Waals surface area contributed by atoms with Gasteiger partial charge in [-0.05, 0) is 69.9 Å². The topological polar surface area (TPSA) is 123 Å². The Morgan fingerprint density at radius 1 is 1.00 bits per heavy atom. The van der Waals surface area contributed by atoms with Crippen molar-refractivity contribution in [2.75, 3.05) is 29.9 Å². The summed E-state index contributed by atoms with van der Waals surface area (Å²) >= 11 is 0. The number of carbonyl (C=O) groups is 1. The first-order valence-corrected chi connectivity index (χ1v) is 14.2. The zero-order valence-corrected chi connectivity index (χ0v) is 24.2. The van der Waals surface area contributed by atoms with E-state index < -0.39 is 11.4 Å². The molecule has 218 valence electrons. The van der Waals surface area contributed by atoms with Gasteiger partial charge in [0.05, 0.1) is 24.3 Å². The summed E-state index contributed by atoms with van der Waals surface area (Å²) in [7, 11) is 0. The Bertz CT molecular complexity index is 1510. The van der Waals surface area contributed by atoms with E-state index in [1.54, 1.807) is 26.2 Å². The highest BCUT2D eigenvalue weighted by atomic mass is 16.5. The Morgan fingerprint density at radius 2 is 1.71 bits per heavy atom. The molecule has 3 heterocycles. The van der Waals surface area contributed by atoms with Gasteiger partial charge in [0.25, 0.3) is 0 Å². The quantitative estimate of drug-likeness (QED) is 0.230. The van der Waals surface area contributed by atoms with Crippen LogP contribution in [-0.2, 0) is 11.2 Å². The molecule has 0 bridgehead atoms. The first-order chi connectivity index (χ1) is 20.3. The summed E-state index contributed by atoms with van der Waals surface area (Å²) in [5, 5.41) is 12.6. The van der Waals surface area contributed by atoms with Gasteiger partial charge < -0.3 is 19.5 Å². The van der Waals surface area contributed by atoms with Crippen LogP contribution in [0.5, 0.6) is 11.5 Å². The third-order valence-electron chi connectivity index (χ3n) is 7.14. The van der Waals surface area contributed by atoms with Crippen LogP contribution in [0.1, 0.15) is 39.2 Å². The maximum atomic E-state index is 11.5. The van der Waals surface area contributed by atoms with Gasteiger partial charge >= 0.3 is 5.97 Å². The highest BCUT2D eigenvalue weighted by Crippen LogP contribution is 2.30. The number of nitrogens with one attached hydrogen (secondary N) is 1. The van der Waals surface area contributed by atoms with E-state index in [4.69, 9.17) is 14.5 Å². The molecule has 0 amide bonds. The van der Waals surface area contributed by atoms with E-state index in [2.05, 4.69) is 25.2 Å². The number of nitrogens with zero attached hydrogens (tertiary/aromatic N) is 5. The molecule has 10 nitrogen and oxygen atoms in total. The molecule has 0 saturated carbocycles. The summed E-state index contributed by atoms with van der Waals surface area (Å²) in [4.78, 5) is 31.8.